The quantitative estimate of drug-likeness (QED) is 0.618. The van der Waals surface area contributed by atoms with Crippen LogP contribution in [-0.2, 0) is 31.3 Å². The van der Waals surface area contributed by atoms with Crippen LogP contribution in [0.2, 0.25) is 0 Å². The Morgan fingerprint density at radius 3 is 2.39 bits per heavy atom. The maximum Gasteiger partial charge on any atom is 0.290 e. The zero-order valence-corrected chi connectivity index (χ0v) is 21.0. The van der Waals surface area contributed by atoms with Crippen molar-refractivity contribution in [2.75, 3.05) is 23.9 Å². The van der Waals surface area contributed by atoms with Crippen LogP contribution < -0.4 is 0 Å². The van der Waals surface area contributed by atoms with Gasteiger partial charge in [0.2, 0.25) is 0 Å². The number of nitrogens with zero attached hydrogens (tertiary/aromatic N) is 1. The van der Waals surface area contributed by atoms with Crippen LogP contribution in [-0.4, -0.2) is 49.1 Å². The number of rotatable bonds is 5. The smallest absolute Gasteiger partial charge is 0.290 e. The number of hydrogen-bond acceptors (Lipinski definition) is 5. The molecular weight excluding hydrogens is 454 g/mol. The third-order valence-electron chi connectivity index (χ3n) is 6.10. The van der Waals surface area contributed by atoms with Gasteiger partial charge in [0.1, 0.15) is 0 Å². The van der Waals surface area contributed by atoms with Gasteiger partial charge in [-0.1, -0.05) is 75.4 Å². The van der Waals surface area contributed by atoms with E-state index in [1.54, 1.807) is 16.7 Å². The molecule has 0 spiro atoms. The number of benzene rings is 2. The number of hydrogen-bond donors (Lipinski definition) is 0. The Morgan fingerprint density at radius 1 is 1.09 bits per heavy atom. The standard InChI is InChI=1S/C26H31NO4S2/c1-26(2,3)21-11-9-19(10-12-21)17-27(22-13-16-33(29,30)18-22)25(28)23-24(32-15-14-31-23)20-7-5-4-6-8-20/h4-12,22H,13-18H2,1-3H3/t22-/m0/s1. The first kappa shape index (κ1) is 23.9. The van der Waals surface area contributed by atoms with E-state index in [1.807, 2.05) is 42.5 Å². The highest BCUT2D eigenvalue weighted by atomic mass is 32.2. The molecule has 4 rings (SSSR count). The Hall–Kier alpha value is -2.25. The molecule has 2 heterocycles. The number of amides is 1. The number of thioether (sulfide) groups is 1. The lowest BCUT2D eigenvalue weighted by Gasteiger charge is -2.31. The van der Waals surface area contributed by atoms with Crippen LogP contribution in [0.25, 0.3) is 4.91 Å². The first-order chi connectivity index (χ1) is 15.6. The SMILES string of the molecule is CC(C)(C)c1ccc(CN(C(=O)C2=C(c3ccccc3)SCCO2)[C@H]2CCS(=O)(=O)C2)cc1. The maximum atomic E-state index is 13.8. The van der Waals surface area contributed by atoms with Gasteiger partial charge in [-0.2, -0.15) is 0 Å². The maximum absolute atomic E-state index is 13.8. The van der Waals surface area contributed by atoms with Gasteiger partial charge in [-0.15, -0.1) is 11.8 Å². The summed E-state index contributed by atoms with van der Waals surface area (Å²) < 4.78 is 30.4. The Balaban J connectivity index is 1.68. The molecule has 2 aromatic carbocycles. The van der Waals surface area contributed by atoms with Gasteiger partial charge in [0.15, 0.2) is 15.6 Å². The van der Waals surface area contributed by atoms with E-state index in [-0.39, 0.29) is 28.9 Å². The molecule has 0 saturated carbocycles. The number of ether oxygens (including phenoxy) is 1. The van der Waals surface area contributed by atoms with Gasteiger partial charge < -0.3 is 9.64 Å². The van der Waals surface area contributed by atoms with Gasteiger partial charge in [-0.05, 0) is 28.5 Å². The molecule has 0 radical (unpaired) electrons. The highest BCUT2D eigenvalue weighted by molar-refractivity contribution is 8.08. The van der Waals surface area contributed by atoms with Crippen LogP contribution >= 0.6 is 11.8 Å². The van der Waals surface area contributed by atoms with E-state index in [9.17, 15) is 13.2 Å². The summed E-state index contributed by atoms with van der Waals surface area (Å²) in [6.45, 7) is 7.30. The van der Waals surface area contributed by atoms with Crippen LogP contribution in [0.15, 0.2) is 60.4 Å². The van der Waals surface area contributed by atoms with Crippen molar-refractivity contribution in [2.45, 2.75) is 45.2 Å². The zero-order chi connectivity index (χ0) is 23.6. The second-order valence-corrected chi connectivity index (χ2v) is 13.0. The van der Waals surface area contributed by atoms with Gasteiger partial charge in [0, 0.05) is 18.3 Å². The molecule has 0 aliphatic carbocycles. The fourth-order valence-electron chi connectivity index (χ4n) is 4.21. The fraction of sp³-hybridized carbons (Fsp3) is 0.423. The Kier molecular flexibility index (Phi) is 6.91. The van der Waals surface area contributed by atoms with Crippen molar-refractivity contribution in [1.82, 2.24) is 4.90 Å². The molecule has 2 aliphatic heterocycles. The van der Waals surface area contributed by atoms with Gasteiger partial charge in [-0.3, -0.25) is 4.79 Å². The van der Waals surface area contributed by atoms with Crippen molar-refractivity contribution in [3.05, 3.63) is 77.0 Å². The summed E-state index contributed by atoms with van der Waals surface area (Å²) in [5.41, 5.74) is 3.18. The lowest BCUT2D eigenvalue weighted by atomic mass is 9.86. The van der Waals surface area contributed by atoms with Crippen molar-refractivity contribution in [1.29, 1.82) is 0 Å². The summed E-state index contributed by atoms with van der Waals surface area (Å²) in [5.74, 6) is 0.980. The molecule has 1 amide bonds. The molecule has 0 unspecified atom stereocenters. The minimum absolute atomic E-state index is 0.0000914. The minimum Gasteiger partial charge on any atom is -0.486 e. The van der Waals surface area contributed by atoms with Gasteiger partial charge in [0.25, 0.3) is 5.91 Å². The molecule has 33 heavy (non-hydrogen) atoms. The number of sulfone groups is 1. The predicted molar refractivity (Wildman–Crippen MR) is 135 cm³/mol. The van der Waals surface area contributed by atoms with E-state index >= 15 is 0 Å². The third kappa shape index (κ3) is 5.64. The van der Waals surface area contributed by atoms with E-state index in [2.05, 4.69) is 32.9 Å². The molecule has 5 nitrogen and oxygen atoms in total. The molecule has 1 fully saturated rings. The fourth-order valence-corrected chi connectivity index (χ4v) is 6.89. The van der Waals surface area contributed by atoms with E-state index in [4.69, 9.17) is 4.74 Å². The van der Waals surface area contributed by atoms with E-state index in [0.29, 0.717) is 25.3 Å². The summed E-state index contributed by atoms with van der Waals surface area (Å²) in [4.78, 5) is 16.4. The summed E-state index contributed by atoms with van der Waals surface area (Å²) in [6.07, 6.45) is 0.454. The molecule has 0 N–H and O–H groups in total. The molecule has 7 heteroatoms. The Morgan fingerprint density at radius 2 is 1.79 bits per heavy atom. The van der Waals surface area contributed by atoms with Crippen LogP contribution in [0.3, 0.4) is 0 Å². The molecule has 2 aliphatic rings. The summed E-state index contributed by atoms with van der Waals surface area (Å²) >= 11 is 1.61. The van der Waals surface area contributed by atoms with Crippen molar-refractivity contribution in [3.63, 3.8) is 0 Å². The molecule has 2 aromatic rings. The average Bonchev–Trinajstić information content (AvgIpc) is 3.16. The first-order valence-electron chi connectivity index (χ1n) is 11.3. The van der Waals surface area contributed by atoms with Crippen molar-refractivity contribution in [3.8, 4) is 0 Å². The molecule has 0 bridgehead atoms. The normalized spacial score (nSPS) is 20.4. The highest BCUT2D eigenvalue weighted by Gasteiger charge is 2.37. The monoisotopic (exact) mass is 485 g/mol. The largest absolute Gasteiger partial charge is 0.486 e. The Labute approximate surface area is 201 Å². The van der Waals surface area contributed by atoms with Gasteiger partial charge in [-0.25, -0.2) is 8.42 Å². The van der Waals surface area contributed by atoms with Gasteiger partial charge in [0.05, 0.1) is 23.0 Å². The van der Waals surface area contributed by atoms with E-state index in [1.165, 1.54) is 5.56 Å². The molecule has 1 saturated heterocycles. The highest BCUT2D eigenvalue weighted by Crippen LogP contribution is 2.36. The third-order valence-corrected chi connectivity index (χ3v) is 8.93. The number of carbonyl (C=O) groups excluding carboxylic acids is 1. The number of carbonyl (C=O) groups is 1. The lowest BCUT2D eigenvalue weighted by Crippen LogP contribution is -2.42. The van der Waals surface area contributed by atoms with Crippen LogP contribution in [0.4, 0.5) is 0 Å². The summed E-state index contributed by atoms with van der Waals surface area (Å²) in [7, 11) is -3.14. The second kappa shape index (κ2) is 9.55. The molecule has 0 aromatic heterocycles. The van der Waals surface area contributed by atoms with E-state index in [0.717, 1.165) is 21.8 Å². The topological polar surface area (TPSA) is 63.7 Å². The van der Waals surface area contributed by atoms with Crippen molar-refractivity contribution < 1.29 is 17.9 Å². The van der Waals surface area contributed by atoms with E-state index < -0.39 is 9.84 Å². The average molecular weight is 486 g/mol. The summed E-state index contributed by atoms with van der Waals surface area (Å²) in [6, 6.07) is 17.7. The van der Waals surface area contributed by atoms with Crippen molar-refractivity contribution >= 4 is 32.4 Å². The van der Waals surface area contributed by atoms with Crippen molar-refractivity contribution in [2.24, 2.45) is 0 Å². The Bertz CT molecular complexity index is 1130. The molecular formula is C26H31NO4S2. The first-order valence-corrected chi connectivity index (χ1v) is 14.1. The van der Waals surface area contributed by atoms with Crippen LogP contribution in [0.1, 0.15) is 43.9 Å². The predicted octanol–water partition coefficient (Wildman–Crippen LogP) is 4.63. The minimum atomic E-state index is -3.14. The zero-order valence-electron chi connectivity index (χ0n) is 19.4. The van der Waals surface area contributed by atoms with Gasteiger partial charge >= 0.3 is 0 Å². The second-order valence-electron chi connectivity index (χ2n) is 9.66. The summed E-state index contributed by atoms with van der Waals surface area (Å²) in [5, 5.41) is 0. The van der Waals surface area contributed by atoms with Crippen LogP contribution in [0.5, 0.6) is 0 Å². The van der Waals surface area contributed by atoms with Crippen LogP contribution in [0, 0.1) is 0 Å². The molecule has 176 valence electrons. The lowest BCUT2D eigenvalue weighted by molar-refractivity contribution is -0.133. The molecule has 1 atom stereocenters.